The third-order valence-corrected chi connectivity index (χ3v) is 1.65. The molecule has 0 amide bonds. The van der Waals surface area contributed by atoms with Gasteiger partial charge in [-0.05, 0) is 12.1 Å². The Bertz CT molecular complexity index is 355. The average molecular weight is 211 g/mol. The lowest BCUT2D eigenvalue weighted by atomic mass is 10.2. The first-order valence-electron chi connectivity index (χ1n) is 3.19. The molecule has 0 saturated heterocycles. The Kier molecular flexibility index (Phi) is 2.93. The van der Waals surface area contributed by atoms with E-state index in [1.54, 1.807) is 0 Å². The topological polar surface area (TPSA) is 0 Å². The summed E-state index contributed by atoms with van der Waals surface area (Å²) < 4.78 is 48.8. The molecule has 0 aliphatic heterocycles. The second-order valence-corrected chi connectivity index (χ2v) is 2.58. The van der Waals surface area contributed by atoms with Crippen molar-refractivity contribution in [2.24, 2.45) is 0 Å². The van der Waals surface area contributed by atoms with Gasteiger partial charge in [-0.2, -0.15) is 8.78 Å². The molecule has 0 bridgehead atoms. The lowest BCUT2D eigenvalue weighted by Gasteiger charge is -1.99. The first kappa shape index (κ1) is 10.1. The van der Waals surface area contributed by atoms with Crippen LogP contribution in [0.5, 0.6) is 0 Å². The van der Waals surface area contributed by atoms with E-state index < -0.39 is 28.3 Å². The van der Waals surface area contributed by atoms with Crippen LogP contribution in [0.4, 0.5) is 17.6 Å². The van der Waals surface area contributed by atoms with Gasteiger partial charge in [-0.3, -0.25) is 0 Å². The maximum atomic E-state index is 12.9. The molecule has 70 valence electrons. The summed E-state index contributed by atoms with van der Waals surface area (Å²) in [6.07, 6.45) is -2.57. The first-order chi connectivity index (χ1) is 6.04. The highest BCUT2D eigenvalue weighted by atomic mass is 35.5. The minimum atomic E-state index is -2.57. The smallest absolute Gasteiger partial charge is 0.205 e. The highest BCUT2D eigenvalue weighted by Crippen LogP contribution is 2.27. The van der Waals surface area contributed by atoms with Gasteiger partial charge in [0.05, 0.1) is 10.6 Å². The molecule has 0 heterocycles. The molecule has 13 heavy (non-hydrogen) atoms. The molecule has 0 radical (unpaired) electrons. The van der Waals surface area contributed by atoms with Crippen molar-refractivity contribution in [2.45, 2.75) is 0 Å². The second-order valence-electron chi connectivity index (χ2n) is 2.18. The van der Waals surface area contributed by atoms with Crippen molar-refractivity contribution in [1.82, 2.24) is 0 Å². The highest BCUT2D eigenvalue weighted by molar-refractivity contribution is 6.30. The van der Waals surface area contributed by atoms with E-state index in [1.165, 1.54) is 6.07 Å². The van der Waals surface area contributed by atoms with Gasteiger partial charge in [-0.1, -0.05) is 17.7 Å². The lowest BCUT2D eigenvalue weighted by molar-refractivity contribution is 0.409. The van der Waals surface area contributed by atoms with Crippen LogP contribution >= 0.6 is 11.6 Å². The summed E-state index contributed by atoms with van der Waals surface area (Å²) in [7, 11) is 0. The lowest BCUT2D eigenvalue weighted by Crippen LogP contribution is -1.87. The molecule has 0 aliphatic rings. The molecule has 0 aliphatic carbocycles. The number of hydrogen-bond donors (Lipinski definition) is 0. The predicted molar refractivity (Wildman–Crippen MR) is 41.7 cm³/mol. The second kappa shape index (κ2) is 3.79. The van der Waals surface area contributed by atoms with Crippen LogP contribution in [0.1, 0.15) is 5.56 Å². The number of rotatable bonds is 1. The van der Waals surface area contributed by atoms with E-state index in [4.69, 9.17) is 11.6 Å². The van der Waals surface area contributed by atoms with Crippen molar-refractivity contribution in [3.8, 4) is 0 Å². The molecule has 0 atom stereocenters. The van der Waals surface area contributed by atoms with Gasteiger partial charge in [0, 0.05) is 0 Å². The summed E-state index contributed by atoms with van der Waals surface area (Å²) in [4.78, 5) is 0. The SMILES string of the molecule is FC(F)=C(F)c1cccc(Cl)c1F. The molecular formula is C8H3ClF4. The van der Waals surface area contributed by atoms with Crippen LogP contribution in [-0.4, -0.2) is 0 Å². The van der Waals surface area contributed by atoms with Crippen LogP contribution in [0.25, 0.3) is 5.83 Å². The Hall–Kier alpha value is -1.03. The van der Waals surface area contributed by atoms with Crippen LogP contribution in [0.15, 0.2) is 24.3 Å². The van der Waals surface area contributed by atoms with Crippen molar-refractivity contribution >= 4 is 17.4 Å². The standard InChI is InChI=1S/C8H3ClF4/c9-5-3-1-2-4(6(5)10)7(11)8(12)13/h1-3H. The predicted octanol–water partition coefficient (Wildman–Crippen LogP) is 4.01. The van der Waals surface area contributed by atoms with Crippen LogP contribution in [0.2, 0.25) is 5.02 Å². The summed E-state index contributed by atoms with van der Waals surface area (Å²) in [6, 6.07) is 3.21. The van der Waals surface area contributed by atoms with Gasteiger partial charge in [-0.25, -0.2) is 8.78 Å². The Labute approximate surface area is 76.4 Å². The minimum Gasteiger partial charge on any atom is -0.205 e. The monoisotopic (exact) mass is 210 g/mol. The molecule has 0 saturated carbocycles. The Morgan fingerprint density at radius 2 is 1.77 bits per heavy atom. The van der Waals surface area contributed by atoms with Crippen molar-refractivity contribution in [3.05, 3.63) is 40.7 Å². The van der Waals surface area contributed by atoms with Crippen molar-refractivity contribution < 1.29 is 17.6 Å². The zero-order chi connectivity index (χ0) is 10.0. The fourth-order valence-corrected chi connectivity index (χ4v) is 0.950. The summed E-state index contributed by atoms with van der Waals surface area (Å²) in [5.74, 6) is -3.07. The van der Waals surface area contributed by atoms with Gasteiger partial charge in [0.2, 0.25) is 0 Å². The molecule has 0 spiro atoms. The zero-order valence-electron chi connectivity index (χ0n) is 6.12. The Morgan fingerprint density at radius 3 is 2.31 bits per heavy atom. The zero-order valence-corrected chi connectivity index (χ0v) is 6.88. The normalized spacial score (nSPS) is 9.92. The van der Waals surface area contributed by atoms with Gasteiger partial charge in [0.15, 0.2) is 11.6 Å². The molecule has 1 aromatic rings. The number of halogens is 5. The van der Waals surface area contributed by atoms with Gasteiger partial charge in [0.1, 0.15) is 0 Å². The molecule has 1 rings (SSSR count). The minimum absolute atomic E-state index is 0.395. The molecule has 0 nitrogen and oxygen atoms in total. The summed E-state index contributed by atoms with van der Waals surface area (Å²) in [6.45, 7) is 0. The van der Waals surface area contributed by atoms with Gasteiger partial charge in [0.25, 0.3) is 0 Å². The number of benzene rings is 1. The molecule has 0 N–H and O–H groups in total. The molecule has 0 fully saturated rings. The largest absolute Gasteiger partial charge is 0.306 e. The van der Waals surface area contributed by atoms with Crippen molar-refractivity contribution in [3.63, 3.8) is 0 Å². The molecule has 0 aromatic heterocycles. The highest BCUT2D eigenvalue weighted by Gasteiger charge is 2.15. The van der Waals surface area contributed by atoms with Gasteiger partial charge in [-0.15, -0.1) is 0 Å². The third kappa shape index (κ3) is 2.01. The van der Waals surface area contributed by atoms with E-state index in [9.17, 15) is 17.6 Å². The maximum Gasteiger partial charge on any atom is 0.306 e. The average Bonchev–Trinajstić information content (AvgIpc) is 2.08. The van der Waals surface area contributed by atoms with Crippen LogP contribution in [0.3, 0.4) is 0 Å². The maximum absolute atomic E-state index is 12.9. The molecule has 5 heteroatoms. The van der Waals surface area contributed by atoms with Crippen LogP contribution in [0, 0.1) is 5.82 Å². The van der Waals surface area contributed by atoms with E-state index in [0.29, 0.717) is 0 Å². The van der Waals surface area contributed by atoms with E-state index in [-0.39, 0.29) is 0 Å². The van der Waals surface area contributed by atoms with Gasteiger partial charge < -0.3 is 0 Å². The van der Waals surface area contributed by atoms with Crippen LogP contribution in [-0.2, 0) is 0 Å². The van der Waals surface area contributed by atoms with Crippen molar-refractivity contribution in [2.75, 3.05) is 0 Å². The summed E-state index contributed by atoms with van der Waals surface area (Å²) in [5.41, 5.74) is -0.826. The van der Waals surface area contributed by atoms with E-state index in [1.807, 2.05) is 0 Å². The third-order valence-electron chi connectivity index (χ3n) is 1.35. The van der Waals surface area contributed by atoms with Crippen LogP contribution < -0.4 is 0 Å². The molecule has 1 aromatic carbocycles. The summed E-state index contributed by atoms with van der Waals surface area (Å²) in [5, 5.41) is -0.395. The van der Waals surface area contributed by atoms with E-state index in [0.717, 1.165) is 12.1 Å². The Balaban J connectivity index is 3.32. The fourth-order valence-electron chi connectivity index (χ4n) is 0.775. The fraction of sp³-hybridized carbons (Fsp3) is 0. The summed E-state index contributed by atoms with van der Waals surface area (Å²) >= 11 is 5.25. The van der Waals surface area contributed by atoms with Gasteiger partial charge >= 0.3 is 6.08 Å². The van der Waals surface area contributed by atoms with E-state index >= 15 is 0 Å². The Morgan fingerprint density at radius 1 is 1.15 bits per heavy atom. The molecule has 0 unspecified atom stereocenters. The quantitative estimate of drug-likeness (QED) is 0.615. The number of hydrogen-bond acceptors (Lipinski definition) is 0. The van der Waals surface area contributed by atoms with Crippen molar-refractivity contribution in [1.29, 1.82) is 0 Å². The first-order valence-corrected chi connectivity index (χ1v) is 3.57. The van der Waals surface area contributed by atoms with E-state index in [2.05, 4.69) is 0 Å². The molecular weight excluding hydrogens is 208 g/mol.